The van der Waals surface area contributed by atoms with E-state index >= 15 is 0 Å². The Morgan fingerprint density at radius 2 is 0.791 bits per heavy atom. The predicted molar refractivity (Wildman–Crippen MR) is 183 cm³/mol. The second kappa shape index (κ2) is 10.9. The van der Waals surface area contributed by atoms with E-state index < -0.39 is 0 Å². The van der Waals surface area contributed by atoms with Crippen molar-refractivity contribution in [2.75, 3.05) is 36.8 Å². The number of hydrogen-bond donors (Lipinski definition) is 3. The fraction of sp³-hybridized carbons (Fsp3) is 0.105. The number of fused-ring (bicyclic) bond motifs is 8. The van der Waals surface area contributed by atoms with Gasteiger partial charge in [0.2, 0.25) is 0 Å². The molecule has 0 saturated heterocycles. The molecule has 43 heavy (non-hydrogen) atoms. The predicted octanol–water partition coefficient (Wildman–Crippen LogP) is 8.51. The molecule has 0 radical (unpaired) electrons. The van der Waals surface area contributed by atoms with E-state index in [1.807, 2.05) is 0 Å². The third kappa shape index (κ3) is 4.55. The highest BCUT2D eigenvalue weighted by Crippen LogP contribution is 2.35. The van der Waals surface area contributed by atoms with Gasteiger partial charge in [0.15, 0.2) is 0 Å². The number of hydrogen-bond acceptors (Lipinski definition) is 5. The Kier molecular flexibility index (Phi) is 6.43. The van der Waals surface area contributed by atoms with Crippen LogP contribution in [0.3, 0.4) is 0 Å². The normalized spacial score (nSPS) is 11.7. The molecule has 0 saturated carbocycles. The number of para-hydroxylation sites is 2. The average molecular weight is 558 g/mol. The lowest BCUT2D eigenvalue weighted by molar-refractivity contribution is 0.720. The summed E-state index contributed by atoms with van der Waals surface area (Å²) in [4.78, 5) is 10.1. The SMILES string of the molecule is c1ccc2c(c1)ccc1c(NCCNCCNc3c4ccccc4nc4c3ccc3ccccc34)c3ccccc3nc12. The first-order chi connectivity index (χ1) is 21.3. The molecule has 0 spiro atoms. The van der Waals surface area contributed by atoms with Gasteiger partial charge in [0, 0.05) is 58.5 Å². The van der Waals surface area contributed by atoms with Crippen molar-refractivity contribution in [3.8, 4) is 0 Å². The van der Waals surface area contributed by atoms with Crippen molar-refractivity contribution in [1.29, 1.82) is 0 Å². The molecule has 2 aromatic heterocycles. The van der Waals surface area contributed by atoms with Crippen LogP contribution in [0.4, 0.5) is 11.4 Å². The molecule has 5 heteroatoms. The molecular weight excluding hydrogens is 526 g/mol. The third-order valence-corrected chi connectivity index (χ3v) is 8.36. The molecule has 6 aromatic carbocycles. The van der Waals surface area contributed by atoms with Gasteiger partial charge in [0.1, 0.15) is 0 Å². The van der Waals surface area contributed by atoms with Gasteiger partial charge in [-0.3, -0.25) is 0 Å². The van der Waals surface area contributed by atoms with E-state index in [9.17, 15) is 0 Å². The molecule has 0 amide bonds. The lowest BCUT2D eigenvalue weighted by Gasteiger charge is -2.16. The first kappa shape index (κ1) is 25.5. The highest BCUT2D eigenvalue weighted by Gasteiger charge is 2.13. The molecular formula is C38H31N5. The van der Waals surface area contributed by atoms with Crippen LogP contribution in [0.15, 0.2) is 121 Å². The third-order valence-electron chi connectivity index (χ3n) is 8.36. The lowest BCUT2D eigenvalue weighted by atomic mass is 10.0. The van der Waals surface area contributed by atoms with Gasteiger partial charge < -0.3 is 16.0 Å². The first-order valence-corrected chi connectivity index (χ1v) is 14.9. The molecule has 208 valence electrons. The van der Waals surface area contributed by atoms with Crippen molar-refractivity contribution in [2.45, 2.75) is 0 Å². The Morgan fingerprint density at radius 1 is 0.372 bits per heavy atom. The van der Waals surface area contributed by atoms with E-state index in [-0.39, 0.29) is 0 Å². The fourth-order valence-corrected chi connectivity index (χ4v) is 6.31. The van der Waals surface area contributed by atoms with Crippen LogP contribution in [0.1, 0.15) is 0 Å². The van der Waals surface area contributed by atoms with Crippen LogP contribution in [-0.4, -0.2) is 36.1 Å². The maximum Gasteiger partial charge on any atom is 0.0808 e. The molecule has 0 unspecified atom stereocenters. The van der Waals surface area contributed by atoms with Gasteiger partial charge in [-0.1, -0.05) is 109 Å². The summed E-state index contributed by atoms with van der Waals surface area (Å²) in [5.41, 5.74) is 6.40. The highest BCUT2D eigenvalue weighted by atomic mass is 15.0. The van der Waals surface area contributed by atoms with Crippen LogP contribution >= 0.6 is 0 Å². The highest BCUT2D eigenvalue weighted by molar-refractivity contribution is 6.17. The summed E-state index contributed by atoms with van der Waals surface area (Å²) in [6.45, 7) is 3.30. The summed E-state index contributed by atoms with van der Waals surface area (Å²) < 4.78 is 0. The summed E-state index contributed by atoms with van der Waals surface area (Å²) in [7, 11) is 0. The van der Waals surface area contributed by atoms with Gasteiger partial charge in [-0.15, -0.1) is 0 Å². The van der Waals surface area contributed by atoms with Gasteiger partial charge in [-0.2, -0.15) is 0 Å². The molecule has 0 atom stereocenters. The minimum absolute atomic E-state index is 0.809. The molecule has 0 fully saturated rings. The van der Waals surface area contributed by atoms with Crippen molar-refractivity contribution >= 4 is 76.5 Å². The number of aromatic nitrogens is 2. The zero-order valence-electron chi connectivity index (χ0n) is 23.8. The molecule has 8 aromatic rings. The Hall–Kier alpha value is -5.26. The topological polar surface area (TPSA) is 61.9 Å². The molecule has 0 bridgehead atoms. The second-order valence-corrected chi connectivity index (χ2v) is 11.0. The summed E-state index contributed by atoms with van der Waals surface area (Å²) in [6, 6.07) is 42.5. The summed E-state index contributed by atoms with van der Waals surface area (Å²) >= 11 is 0. The Morgan fingerprint density at radius 3 is 1.28 bits per heavy atom. The average Bonchev–Trinajstić information content (AvgIpc) is 3.06. The van der Waals surface area contributed by atoms with Crippen LogP contribution < -0.4 is 16.0 Å². The minimum atomic E-state index is 0.809. The number of anilines is 2. The largest absolute Gasteiger partial charge is 0.383 e. The minimum Gasteiger partial charge on any atom is -0.383 e. The van der Waals surface area contributed by atoms with Crippen molar-refractivity contribution in [1.82, 2.24) is 15.3 Å². The van der Waals surface area contributed by atoms with E-state index in [1.54, 1.807) is 0 Å². The van der Waals surface area contributed by atoms with Gasteiger partial charge in [-0.25, -0.2) is 9.97 Å². The van der Waals surface area contributed by atoms with Gasteiger partial charge in [0.25, 0.3) is 0 Å². The van der Waals surface area contributed by atoms with Crippen LogP contribution in [0.2, 0.25) is 0 Å². The Bertz CT molecular complexity index is 2130. The van der Waals surface area contributed by atoms with Crippen LogP contribution in [-0.2, 0) is 0 Å². The van der Waals surface area contributed by atoms with Gasteiger partial charge in [0.05, 0.1) is 33.4 Å². The van der Waals surface area contributed by atoms with Crippen molar-refractivity contribution in [3.63, 3.8) is 0 Å². The Labute approximate surface area is 249 Å². The van der Waals surface area contributed by atoms with Crippen LogP contribution in [0, 0.1) is 0 Å². The van der Waals surface area contributed by atoms with Gasteiger partial charge in [-0.05, 0) is 22.9 Å². The fourth-order valence-electron chi connectivity index (χ4n) is 6.31. The lowest BCUT2D eigenvalue weighted by Crippen LogP contribution is -2.27. The molecule has 0 aliphatic carbocycles. The number of benzene rings is 6. The van der Waals surface area contributed by atoms with E-state index in [4.69, 9.17) is 9.97 Å². The van der Waals surface area contributed by atoms with Gasteiger partial charge >= 0.3 is 0 Å². The summed E-state index contributed by atoms with van der Waals surface area (Å²) in [5.74, 6) is 0. The molecule has 5 nitrogen and oxygen atoms in total. The zero-order valence-corrected chi connectivity index (χ0v) is 23.8. The van der Waals surface area contributed by atoms with Crippen molar-refractivity contribution < 1.29 is 0 Å². The van der Waals surface area contributed by atoms with Crippen LogP contribution in [0.5, 0.6) is 0 Å². The molecule has 3 N–H and O–H groups in total. The quantitative estimate of drug-likeness (QED) is 0.0993. The number of nitrogens with one attached hydrogen (secondary N) is 3. The molecule has 0 aliphatic heterocycles. The van der Waals surface area contributed by atoms with Crippen molar-refractivity contribution in [3.05, 3.63) is 121 Å². The number of pyridine rings is 2. The zero-order chi connectivity index (χ0) is 28.6. The maximum atomic E-state index is 5.06. The van der Waals surface area contributed by atoms with E-state index in [1.165, 1.54) is 21.5 Å². The Balaban J connectivity index is 0.991. The molecule has 2 heterocycles. The maximum absolute atomic E-state index is 5.06. The first-order valence-electron chi connectivity index (χ1n) is 14.9. The van der Waals surface area contributed by atoms with E-state index in [0.29, 0.717) is 0 Å². The van der Waals surface area contributed by atoms with E-state index in [2.05, 4.69) is 137 Å². The monoisotopic (exact) mass is 557 g/mol. The summed E-state index contributed by atoms with van der Waals surface area (Å²) in [5, 5.41) is 20.5. The second-order valence-electron chi connectivity index (χ2n) is 11.0. The van der Waals surface area contributed by atoms with Crippen molar-refractivity contribution in [2.24, 2.45) is 0 Å². The number of rotatable bonds is 8. The standard InChI is InChI=1S/C38H31N5/c1-3-11-27-25(9-1)17-19-31-35(29-13-5-7-15-33(29)42-37(27)31)40-23-21-39-22-24-41-36-30-14-6-8-16-34(30)43-38-28-12-4-2-10-26(28)18-20-32(36)38/h1-20,39H,21-24H2,(H,40,42)(H,41,43). The molecule has 8 rings (SSSR count). The summed E-state index contributed by atoms with van der Waals surface area (Å²) in [6.07, 6.45) is 0. The smallest absolute Gasteiger partial charge is 0.0808 e. The van der Waals surface area contributed by atoms with Crippen LogP contribution in [0.25, 0.3) is 65.2 Å². The number of nitrogens with zero attached hydrogens (tertiary/aromatic N) is 2. The molecule has 0 aliphatic rings. The van der Waals surface area contributed by atoms with E-state index in [0.717, 1.165) is 81.2 Å².